The number of nitrogens with one attached hydrogen (secondary N) is 1. The van der Waals surface area contributed by atoms with Crippen LogP contribution in [-0.4, -0.2) is 23.4 Å². The Morgan fingerprint density at radius 2 is 1.62 bits per heavy atom. The third-order valence-corrected chi connectivity index (χ3v) is 4.79. The molecule has 2 aromatic rings. The molecule has 0 aliphatic carbocycles. The van der Waals surface area contributed by atoms with Crippen LogP contribution in [0.2, 0.25) is 5.02 Å². The van der Waals surface area contributed by atoms with E-state index >= 15 is 0 Å². The highest BCUT2D eigenvalue weighted by molar-refractivity contribution is 7.99. The first-order valence-corrected chi connectivity index (χ1v) is 8.64. The highest BCUT2D eigenvalue weighted by Crippen LogP contribution is 2.29. The van der Waals surface area contributed by atoms with Crippen LogP contribution < -0.4 is 5.32 Å². The number of carbonyl (C=O) groups excluding carboxylic acids is 2. The molecule has 6 heteroatoms. The van der Waals surface area contributed by atoms with Crippen LogP contribution in [0, 0.1) is 0 Å². The van der Waals surface area contributed by atoms with Crippen molar-refractivity contribution in [2.45, 2.75) is 16.7 Å². The van der Waals surface area contributed by atoms with Gasteiger partial charge >= 0.3 is 6.03 Å². The van der Waals surface area contributed by atoms with E-state index in [1.54, 1.807) is 24.8 Å². The summed E-state index contributed by atoms with van der Waals surface area (Å²) in [5.41, 5.74) is 1.16. The Morgan fingerprint density at radius 3 is 2.17 bits per heavy atom. The fraction of sp³-hybridized carbons (Fsp3) is 0.111. The SMILES string of the molecule is CCN1C(=O)N/C(=C/c2ccc(Sc3ccc(Cl)cc3)cc2)C1=O. The average Bonchev–Trinajstić information content (AvgIpc) is 2.85. The topological polar surface area (TPSA) is 49.4 Å². The maximum atomic E-state index is 12.0. The van der Waals surface area contributed by atoms with Gasteiger partial charge in [0.25, 0.3) is 5.91 Å². The van der Waals surface area contributed by atoms with E-state index in [2.05, 4.69) is 5.32 Å². The van der Waals surface area contributed by atoms with Gasteiger partial charge in [0.2, 0.25) is 0 Å². The first-order valence-electron chi connectivity index (χ1n) is 7.45. The number of urea groups is 1. The summed E-state index contributed by atoms with van der Waals surface area (Å²) in [7, 11) is 0. The third-order valence-electron chi connectivity index (χ3n) is 3.52. The number of rotatable bonds is 4. The molecule has 0 radical (unpaired) electrons. The number of imide groups is 1. The van der Waals surface area contributed by atoms with Gasteiger partial charge in [-0.3, -0.25) is 9.69 Å². The fourth-order valence-electron chi connectivity index (χ4n) is 2.30. The minimum atomic E-state index is -0.372. The smallest absolute Gasteiger partial charge is 0.303 e. The molecule has 1 fully saturated rings. The Balaban J connectivity index is 1.73. The standard InChI is InChI=1S/C18H15ClN2O2S/c1-2-21-17(22)16(20-18(21)23)11-12-3-7-14(8-4-12)24-15-9-5-13(19)6-10-15/h3-11H,2H2,1H3,(H,20,23)/b16-11+. The van der Waals surface area contributed by atoms with E-state index < -0.39 is 0 Å². The molecular formula is C18H15ClN2O2S. The summed E-state index contributed by atoms with van der Waals surface area (Å²) in [5.74, 6) is -0.290. The second-order valence-corrected chi connectivity index (χ2v) is 6.75. The van der Waals surface area contributed by atoms with Crippen LogP contribution in [0.3, 0.4) is 0 Å². The van der Waals surface area contributed by atoms with Gasteiger partial charge in [-0.05, 0) is 55.0 Å². The van der Waals surface area contributed by atoms with Crippen LogP contribution in [0.4, 0.5) is 4.79 Å². The maximum Gasteiger partial charge on any atom is 0.328 e. The van der Waals surface area contributed by atoms with E-state index in [-0.39, 0.29) is 11.9 Å². The number of carbonyl (C=O) groups is 2. The molecule has 0 unspecified atom stereocenters. The number of nitrogens with zero attached hydrogens (tertiary/aromatic N) is 1. The number of amides is 3. The molecule has 2 aromatic carbocycles. The molecule has 0 spiro atoms. The van der Waals surface area contributed by atoms with Crippen molar-refractivity contribution in [2.24, 2.45) is 0 Å². The van der Waals surface area contributed by atoms with E-state index in [0.29, 0.717) is 17.3 Å². The fourth-order valence-corrected chi connectivity index (χ4v) is 3.24. The molecule has 3 amide bonds. The minimum absolute atomic E-state index is 0.290. The van der Waals surface area contributed by atoms with Crippen molar-refractivity contribution in [2.75, 3.05) is 6.54 Å². The summed E-state index contributed by atoms with van der Waals surface area (Å²) in [5, 5.41) is 3.31. The summed E-state index contributed by atoms with van der Waals surface area (Å²) < 4.78 is 0. The molecular weight excluding hydrogens is 344 g/mol. The lowest BCUT2D eigenvalue weighted by atomic mass is 10.2. The third kappa shape index (κ3) is 3.63. The Hall–Kier alpha value is -2.24. The monoisotopic (exact) mass is 358 g/mol. The molecule has 4 nitrogen and oxygen atoms in total. The van der Waals surface area contributed by atoms with E-state index in [0.717, 1.165) is 15.4 Å². The molecule has 0 bridgehead atoms. The van der Waals surface area contributed by atoms with E-state index in [1.165, 1.54) is 4.90 Å². The Labute approximate surface area is 149 Å². The summed E-state index contributed by atoms with van der Waals surface area (Å²) >= 11 is 7.51. The zero-order chi connectivity index (χ0) is 17.1. The van der Waals surface area contributed by atoms with Gasteiger partial charge in [-0.15, -0.1) is 0 Å². The van der Waals surface area contributed by atoms with Gasteiger partial charge in [0, 0.05) is 21.4 Å². The predicted molar refractivity (Wildman–Crippen MR) is 95.9 cm³/mol. The molecule has 1 aliphatic rings. The summed E-state index contributed by atoms with van der Waals surface area (Å²) in [6, 6.07) is 15.1. The average molecular weight is 359 g/mol. The molecule has 1 N–H and O–H groups in total. The largest absolute Gasteiger partial charge is 0.328 e. The van der Waals surface area contributed by atoms with Crippen molar-refractivity contribution in [3.8, 4) is 0 Å². The highest BCUT2D eigenvalue weighted by atomic mass is 35.5. The lowest BCUT2D eigenvalue weighted by Crippen LogP contribution is -2.30. The number of benzene rings is 2. The first-order chi connectivity index (χ1) is 11.6. The van der Waals surface area contributed by atoms with Gasteiger partial charge in [0.1, 0.15) is 5.70 Å². The number of hydrogen-bond donors (Lipinski definition) is 1. The van der Waals surface area contributed by atoms with Gasteiger partial charge in [-0.2, -0.15) is 0 Å². The van der Waals surface area contributed by atoms with Gasteiger partial charge in [-0.25, -0.2) is 4.79 Å². The Bertz CT molecular complexity index is 801. The molecule has 3 rings (SSSR count). The normalized spacial score (nSPS) is 15.9. The summed E-state index contributed by atoms with van der Waals surface area (Å²) in [6.45, 7) is 2.13. The highest BCUT2D eigenvalue weighted by Gasteiger charge is 2.31. The number of halogens is 1. The van der Waals surface area contributed by atoms with Crippen LogP contribution in [0.25, 0.3) is 6.08 Å². The lowest BCUT2D eigenvalue weighted by Gasteiger charge is -2.06. The molecule has 0 atom stereocenters. The minimum Gasteiger partial charge on any atom is -0.303 e. The second-order valence-electron chi connectivity index (χ2n) is 5.16. The first kappa shape index (κ1) is 16.6. The number of likely N-dealkylation sites (N-methyl/N-ethyl adjacent to an activating group) is 1. The molecule has 1 saturated heterocycles. The quantitative estimate of drug-likeness (QED) is 0.650. The molecule has 0 saturated carbocycles. The second kappa shape index (κ2) is 7.11. The molecule has 0 aromatic heterocycles. The van der Waals surface area contributed by atoms with Crippen molar-refractivity contribution in [1.82, 2.24) is 10.2 Å². The van der Waals surface area contributed by atoms with Crippen molar-refractivity contribution >= 4 is 41.4 Å². The van der Waals surface area contributed by atoms with Gasteiger partial charge < -0.3 is 5.32 Å². The zero-order valence-electron chi connectivity index (χ0n) is 13.0. The Kier molecular flexibility index (Phi) is 4.92. The van der Waals surface area contributed by atoms with Crippen LogP contribution in [-0.2, 0) is 4.79 Å². The molecule has 1 heterocycles. The van der Waals surface area contributed by atoms with E-state index in [4.69, 9.17) is 11.6 Å². The summed E-state index contributed by atoms with van der Waals surface area (Å²) in [6.07, 6.45) is 1.69. The van der Waals surface area contributed by atoms with Crippen molar-refractivity contribution in [1.29, 1.82) is 0 Å². The Morgan fingerprint density at radius 1 is 1.04 bits per heavy atom. The van der Waals surface area contributed by atoms with Crippen molar-refractivity contribution in [3.63, 3.8) is 0 Å². The van der Waals surface area contributed by atoms with Crippen LogP contribution in [0.5, 0.6) is 0 Å². The molecule has 122 valence electrons. The van der Waals surface area contributed by atoms with E-state index in [1.807, 2.05) is 48.5 Å². The van der Waals surface area contributed by atoms with Gasteiger partial charge in [0.15, 0.2) is 0 Å². The van der Waals surface area contributed by atoms with Gasteiger partial charge in [0.05, 0.1) is 0 Å². The van der Waals surface area contributed by atoms with Crippen molar-refractivity contribution < 1.29 is 9.59 Å². The predicted octanol–water partition coefficient (Wildman–Crippen LogP) is 4.40. The number of hydrogen-bond acceptors (Lipinski definition) is 3. The van der Waals surface area contributed by atoms with Crippen molar-refractivity contribution in [3.05, 3.63) is 64.8 Å². The van der Waals surface area contributed by atoms with E-state index in [9.17, 15) is 9.59 Å². The molecule has 1 aliphatic heterocycles. The summed E-state index contributed by atoms with van der Waals surface area (Å²) in [4.78, 5) is 27.0. The van der Waals surface area contributed by atoms with Crippen LogP contribution in [0.1, 0.15) is 12.5 Å². The van der Waals surface area contributed by atoms with Crippen LogP contribution >= 0.6 is 23.4 Å². The molecule has 24 heavy (non-hydrogen) atoms. The van der Waals surface area contributed by atoms with Gasteiger partial charge in [-0.1, -0.05) is 35.5 Å². The lowest BCUT2D eigenvalue weighted by molar-refractivity contribution is -0.122. The zero-order valence-corrected chi connectivity index (χ0v) is 14.5. The maximum absolute atomic E-state index is 12.0. The van der Waals surface area contributed by atoms with Crippen LogP contribution in [0.15, 0.2) is 64.0 Å².